The molecule has 2 atom stereocenters. The molecule has 1 aromatic rings. The molecule has 3 rings (SSSR count). The first-order valence-corrected chi connectivity index (χ1v) is 7.08. The van der Waals surface area contributed by atoms with Crippen LogP contribution >= 0.6 is 0 Å². The lowest BCUT2D eigenvalue weighted by molar-refractivity contribution is -0.147. The van der Waals surface area contributed by atoms with E-state index in [2.05, 4.69) is 5.32 Å². The number of rotatable bonds is 3. The average molecular weight is 291 g/mol. The zero-order valence-corrected chi connectivity index (χ0v) is 11.5. The number of carbonyl (C=O) groups excluding carboxylic acids is 1. The average Bonchev–Trinajstić information content (AvgIpc) is 2.94. The van der Waals surface area contributed by atoms with Crippen LogP contribution in [-0.2, 0) is 9.59 Å². The maximum atomic E-state index is 12.3. The normalized spacial score (nSPS) is 23.6. The highest BCUT2D eigenvalue weighted by molar-refractivity contribution is 5.95. The zero-order chi connectivity index (χ0) is 14.8. The molecule has 1 fully saturated rings. The van der Waals surface area contributed by atoms with E-state index in [-0.39, 0.29) is 12.7 Å². The van der Waals surface area contributed by atoms with Crippen molar-refractivity contribution in [3.05, 3.63) is 18.2 Å². The number of amides is 1. The summed E-state index contributed by atoms with van der Waals surface area (Å²) in [6.45, 7) is 0.177. The van der Waals surface area contributed by atoms with Gasteiger partial charge in [-0.15, -0.1) is 0 Å². The Hall–Kier alpha value is -2.24. The molecule has 0 bridgehead atoms. The predicted molar refractivity (Wildman–Crippen MR) is 74.3 cm³/mol. The van der Waals surface area contributed by atoms with Crippen LogP contribution in [0.4, 0.5) is 5.69 Å². The van der Waals surface area contributed by atoms with E-state index in [1.54, 1.807) is 18.2 Å². The number of carboxylic acids is 1. The zero-order valence-electron chi connectivity index (χ0n) is 11.5. The summed E-state index contributed by atoms with van der Waals surface area (Å²) >= 11 is 0. The summed E-state index contributed by atoms with van der Waals surface area (Å²) in [7, 11) is 0. The largest absolute Gasteiger partial charge is 0.481 e. The number of fused-ring (bicyclic) bond motifs is 1. The number of hydrogen-bond donors (Lipinski definition) is 2. The highest BCUT2D eigenvalue weighted by atomic mass is 16.7. The Bertz CT molecular complexity index is 571. The van der Waals surface area contributed by atoms with Gasteiger partial charge < -0.3 is 19.9 Å². The van der Waals surface area contributed by atoms with E-state index in [0.717, 1.165) is 12.8 Å². The number of carbonyl (C=O) groups is 2. The number of ether oxygens (including phenoxy) is 2. The van der Waals surface area contributed by atoms with Gasteiger partial charge in [-0.3, -0.25) is 9.59 Å². The molecule has 2 aliphatic rings. The molecule has 2 N–H and O–H groups in total. The SMILES string of the molecule is O=C(Nc1ccc2c(c1)OCO2)[C@H]1CCCC[C@H]1C(=O)O. The molecular weight excluding hydrogens is 274 g/mol. The number of nitrogens with one attached hydrogen (secondary N) is 1. The topological polar surface area (TPSA) is 84.9 Å². The van der Waals surface area contributed by atoms with Crippen molar-refractivity contribution in [1.82, 2.24) is 0 Å². The van der Waals surface area contributed by atoms with E-state index in [1.807, 2.05) is 0 Å². The van der Waals surface area contributed by atoms with Crippen LogP contribution in [0.2, 0.25) is 0 Å². The summed E-state index contributed by atoms with van der Waals surface area (Å²) in [5.74, 6) is -0.948. The number of benzene rings is 1. The molecule has 6 heteroatoms. The Morgan fingerprint density at radius 2 is 1.81 bits per heavy atom. The fraction of sp³-hybridized carbons (Fsp3) is 0.467. The monoisotopic (exact) mass is 291 g/mol. The smallest absolute Gasteiger partial charge is 0.307 e. The number of anilines is 1. The van der Waals surface area contributed by atoms with Crippen LogP contribution in [-0.4, -0.2) is 23.8 Å². The molecule has 1 amide bonds. The maximum absolute atomic E-state index is 12.3. The highest BCUT2D eigenvalue weighted by Crippen LogP contribution is 2.35. The Morgan fingerprint density at radius 3 is 2.57 bits per heavy atom. The summed E-state index contributed by atoms with van der Waals surface area (Å²) in [5, 5.41) is 12.0. The predicted octanol–water partition coefficient (Wildman–Crippen LogP) is 2.24. The molecule has 0 unspecified atom stereocenters. The molecule has 21 heavy (non-hydrogen) atoms. The lowest BCUT2D eigenvalue weighted by Gasteiger charge is -2.27. The third-order valence-electron chi connectivity index (χ3n) is 4.06. The fourth-order valence-electron chi connectivity index (χ4n) is 2.95. The van der Waals surface area contributed by atoms with Gasteiger partial charge in [0.1, 0.15) is 0 Å². The number of hydrogen-bond acceptors (Lipinski definition) is 4. The van der Waals surface area contributed by atoms with Crippen molar-refractivity contribution in [1.29, 1.82) is 0 Å². The lowest BCUT2D eigenvalue weighted by atomic mass is 9.78. The molecule has 1 aromatic carbocycles. The summed E-state index contributed by atoms with van der Waals surface area (Å²) in [6.07, 6.45) is 2.94. The second kappa shape index (κ2) is 5.63. The van der Waals surface area contributed by atoms with Gasteiger partial charge in [-0.2, -0.15) is 0 Å². The fourth-order valence-corrected chi connectivity index (χ4v) is 2.95. The minimum absolute atomic E-state index is 0.177. The standard InChI is InChI=1S/C15H17NO5/c17-14(10-3-1-2-4-11(10)15(18)19)16-9-5-6-12-13(7-9)21-8-20-12/h5-7,10-11H,1-4,8H2,(H,16,17)(H,18,19)/t10-,11+/m0/s1. The third kappa shape index (κ3) is 2.79. The van der Waals surface area contributed by atoms with Crippen molar-refractivity contribution in [3.63, 3.8) is 0 Å². The van der Waals surface area contributed by atoms with Crippen LogP contribution in [0.15, 0.2) is 18.2 Å². The maximum Gasteiger partial charge on any atom is 0.307 e. The summed E-state index contributed by atoms with van der Waals surface area (Å²) in [6, 6.07) is 5.15. The molecule has 0 spiro atoms. The van der Waals surface area contributed by atoms with Gasteiger partial charge in [0.2, 0.25) is 12.7 Å². The van der Waals surface area contributed by atoms with E-state index >= 15 is 0 Å². The molecule has 0 aromatic heterocycles. The van der Waals surface area contributed by atoms with Gasteiger partial charge in [0.25, 0.3) is 0 Å². The second-order valence-electron chi connectivity index (χ2n) is 5.39. The Labute approximate surface area is 122 Å². The van der Waals surface area contributed by atoms with Crippen LogP contribution in [0.3, 0.4) is 0 Å². The van der Waals surface area contributed by atoms with Crippen LogP contribution in [0, 0.1) is 11.8 Å². The Morgan fingerprint density at radius 1 is 1.10 bits per heavy atom. The van der Waals surface area contributed by atoms with E-state index in [0.29, 0.717) is 30.0 Å². The van der Waals surface area contributed by atoms with Crippen molar-refractivity contribution in [2.24, 2.45) is 11.8 Å². The molecule has 1 heterocycles. The molecule has 1 aliphatic carbocycles. The first-order valence-electron chi connectivity index (χ1n) is 7.08. The van der Waals surface area contributed by atoms with Crippen molar-refractivity contribution in [3.8, 4) is 11.5 Å². The Balaban J connectivity index is 1.71. The first kappa shape index (κ1) is 13.7. The minimum Gasteiger partial charge on any atom is -0.481 e. The second-order valence-corrected chi connectivity index (χ2v) is 5.39. The molecule has 112 valence electrons. The molecule has 1 saturated carbocycles. The minimum atomic E-state index is -0.888. The van der Waals surface area contributed by atoms with Gasteiger partial charge >= 0.3 is 5.97 Å². The van der Waals surface area contributed by atoms with Crippen molar-refractivity contribution >= 4 is 17.6 Å². The van der Waals surface area contributed by atoms with Crippen LogP contribution in [0.5, 0.6) is 11.5 Å². The van der Waals surface area contributed by atoms with Gasteiger partial charge in [0, 0.05) is 11.8 Å². The summed E-state index contributed by atoms with van der Waals surface area (Å²) in [4.78, 5) is 23.6. The Kier molecular flexibility index (Phi) is 3.68. The van der Waals surface area contributed by atoms with E-state index in [1.165, 1.54) is 0 Å². The summed E-state index contributed by atoms with van der Waals surface area (Å²) in [5.41, 5.74) is 0.596. The number of carboxylic acid groups (broad SMARTS) is 1. The van der Waals surface area contributed by atoms with Gasteiger partial charge in [0.15, 0.2) is 11.5 Å². The summed E-state index contributed by atoms with van der Waals surface area (Å²) < 4.78 is 10.5. The van der Waals surface area contributed by atoms with Gasteiger partial charge in [-0.25, -0.2) is 0 Å². The van der Waals surface area contributed by atoms with Crippen molar-refractivity contribution < 1.29 is 24.2 Å². The van der Waals surface area contributed by atoms with Gasteiger partial charge in [-0.1, -0.05) is 12.8 Å². The van der Waals surface area contributed by atoms with Crippen molar-refractivity contribution in [2.75, 3.05) is 12.1 Å². The van der Waals surface area contributed by atoms with Crippen LogP contribution < -0.4 is 14.8 Å². The lowest BCUT2D eigenvalue weighted by Crippen LogP contribution is -2.36. The molecule has 0 saturated heterocycles. The quantitative estimate of drug-likeness (QED) is 0.892. The van der Waals surface area contributed by atoms with Crippen LogP contribution in [0.25, 0.3) is 0 Å². The highest BCUT2D eigenvalue weighted by Gasteiger charge is 2.35. The van der Waals surface area contributed by atoms with E-state index < -0.39 is 17.8 Å². The van der Waals surface area contributed by atoms with E-state index in [9.17, 15) is 14.7 Å². The van der Waals surface area contributed by atoms with Gasteiger partial charge in [-0.05, 0) is 25.0 Å². The molecule has 0 radical (unpaired) electrons. The molecule has 6 nitrogen and oxygen atoms in total. The van der Waals surface area contributed by atoms with Crippen LogP contribution in [0.1, 0.15) is 25.7 Å². The molecular formula is C15H17NO5. The van der Waals surface area contributed by atoms with Gasteiger partial charge in [0.05, 0.1) is 11.8 Å². The van der Waals surface area contributed by atoms with E-state index in [4.69, 9.17) is 9.47 Å². The van der Waals surface area contributed by atoms with Crippen molar-refractivity contribution in [2.45, 2.75) is 25.7 Å². The number of aliphatic carboxylic acids is 1. The third-order valence-corrected chi connectivity index (χ3v) is 4.06. The first-order chi connectivity index (χ1) is 10.1. The molecule has 1 aliphatic heterocycles.